The first-order valence-electron chi connectivity index (χ1n) is 6.42. The molecule has 19 heavy (non-hydrogen) atoms. The summed E-state index contributed by atoms with van der Waals surface area (Å²) >= 11 is 0. The maximum Gasteiger partial charge on any atom is 0.254 e. The summed E-state index contributed by atoms with van der Waals surface area (Å²) in [5, 5.41) is 0. The zero-order chi connectivity index (χ0) is 14.6. The number of likely N-dealkylation sites (N-methyl/N-ethyl adjacent to an activating group) is 1. The van der Waals surface area contributed by atoms with E-state index in [1.165, 1.54) is 4.90 Å². The van der Waals surface area contributed by atoms with E-state index in [1.54, 1.807) is 38.2 Å². The normalized spacial score (nSPS) is 13.9. The minimum Gasteiger partial charge on any atom is -0.368 e. The summed E-state index contributed by atoms with van der Waals surface area (Å²) in [4.78, 5) is 25.6. The van der Waals surface area contributed by atoms with Crippen molar-refractivity contribution in [2.45, 2.75) is 32.7 Å². The van der Waals surface area contributed by atoms with E-state index in [2.05, 4.69) is 0 Å². The summed E-state index contributed by atoms with van der Waals surface area (Å²) in [7, 11) is 1.63. The van der Waals surface area contributed by atoms with Crippen LogP contribution in [0.2, 0.25) is 0 Å². The van der Waals surface area contributed by atoms with E-state index in [0.29, 0.717) is 12.0 Å². The SMILES string of the molecule is CC(C)CC(C)(C(N)=O)N(C)C(=O)c1ccccc1. The lowest BCUT2D eigenvalue weighted by atomic mass is 9.88. The maximum absolute atomic E-state index is 12.4. The first-order valence-corrected chi connectivity index (χ1v) is 6.42. The standard InChI is InChI=1S/C15H22N2O2/c1-11(2)10-15(3,14(16)19)17(4)13(18)12-8-6-5-7-9-12/h5-9,11H,10H2,1-4H3,(H2,16,19). The molecule has 0 spiro atoms. The number of nitrogens with two attached hydrogens (primary N) is 1. The summed E-state index contributed by atoms with van der Waals surface area (Å²) in [6.07, 6.45) is 0.539. The lowest BCUT2D eigenvalue weighted by molar-refractivity contribution is -0.128. The average Bonchev–Trinajstić information content (AvgIpc) is 2.36. The second-order valence-corrected chi connectivity index (χ2v) is 5.47. The number of carbonyl (C=O) groups excluding carboxylic acids is 2. The van der Waals surface area contributed by atoms with Crippen molar-refractivity contribution in [3.05, 3.63) is 35.9 Å². The van der Waals surface area contributed by atoms with Gasteiger partial charge in [0.25, 0.3) is 5.91 Å². The predicted molar refractivity (Wildman–Crippen MR) is 75.6 cm³/mol. The van der Waals surface area contributed by atoms with Crippen molar-refractivity contribution in [2.24, 2.45) is 11.7 Å². The first kappa shape index (κ1) is 15.2. The fourth-order valence-corrected chi connectivity index (χ4v) is 2.20. The highest BCUT2D eigenvalue weighted by Crippen LogP contribution is 2.24. The van der Waals surface area contributed by atoms with E-state index >= 15 is 0 Å². The number of rotatable bonds is 5. The van der Waals surface area contributed by atoms with Crippen molar-refractivity contribution in [2.75, 3.05) is 7.05 Å². The second kappa shape index (κ2) is 5.87. The Balaban J connectivity index is 3.04. The predicted octanol–water partition coefficient (Wildman–Crippen LogP) is 2.05. The Bertz CT molecular complexity index is 456. The van der Waals surface area contributed by atoms with Crippen molar-refractivity contribution in [3.8, 4) is 0 Å². The van der Waals surface area contributed by atoms with Crippen LogP contribution in [0, 0.1) is 5.92 Å². The molecule has 1 unspecified atom stereocenters. The van der Waals surface area contributed by atoms with E-state index in [4.69, 9.17) is 5.73 Å². The molecule has 0 bridgehead atoms. The van der Waals surface area contributed by atoms with Crippen LogP contribution < -0.4 is 5.73 Å². The molecule has 104 valence electrons. The highest BCUT2D eigenvalue weighted by Gasteiger charge is 2.39. The molecule has 0 heterocycles. The Hall–Kier alpha value is -1.84. The third-order valence-electron chi connectivity index (χ3n) is 3.40. The van der Waals surface area contributed by atoms with E-state index in [9.17, 15) is 9.59 Å². The van der Waals surface area contributed by atoms with Crippen molar-refractivity contribution in [1.29, 1.82) is 0 Å². The largest absolute Gasteiger partial charge is 0.368 e. The van der Waals surface area contributed by atoms with Crippen LogP contribution in [-0.2, 0) is 4.79 Å². The summed E-state index contributed by atoms with van der Waals surface area (Å²) in [6, 6.07) is 8.90. The number of primary amides is 1. The molecule has 0 fully saturated rings. The maximum atomic E-state index is 12.4. The summed E-state index contributed by atoms with van der Waals surface area (Å²) < 4.78 is 0. The number of hydrogen-bond donors (Lipinski definition) is 1. The second-order valence-electron chi connectivity index (χ2n) is 5.47. The van der Waals surface area contributed by atoms with Crippen LogP contribution in [0.1, 0.15) is 37.6 Å². The van der Waals surface area contributed by atoms with E-state index < -0.39 is 11.4 Å². The molecule has 1 atom stereocenters. The number of nitrogens with zero attached hydrogens (tertiary/aromatic N) is 1. The summed E-state index contributed by atoms with van der Waals surface area (Å²) in [5.41, 5.74) is 5.09. The molecule has 1 aromatic carbocycles. The highest BCUT2D eigenvalue weighted by molar-refractivity contribution is 5.98. The number of benzene rings is 1. The molecule has 0 aromatic heterocycles. The van der Waals surface area contributed by atoms with Gasteiger partial charge in [0.1, 0.15) is 5.54 Å². The van der Waals surface area contributed by atoms with Crippen LogP contribution in [0.15, 0.2) is 30.3 Å². The Labute approximate surface area is 114 Å². The molecule has 1 rings (SSSR count). The van der Waals surface area contributed by atoms with Gasteiger partial charge in [-0.25, -0.2) is 0 Å². The van der Waals surface area contributed by atoms with Crippen LogP contribution >= 0.6 is 0 Å². The van der Waals surface area contributed by atoms with Gasteiger partial charge in [-0.3, -0.25) is 9.59 Å². The number of carbonyl (C=O) groups is 2. The molecule has 0 radical (unpaired) electrons. The molecule has 0 aliphatic heterocycles. The van der Waals surface area contributed by atoms with Crippen LogP contribution in [0.4, 0.5) is 0 Å². The lowest BCUT2D eigenvalue weighted by Crippen LogP contribution is -2.56. The lowest BCUT2D eigenvalue weighted by Gasteiger charge is -2.37. The van der Waals surface area contributed by atoms with E-state index in [1.807, 2.05) is 19.9 Å². The minimum atomic E-state index is -0.971. The fourth-order valence-electron chi connectivity index (χ4n) is 2.20. The van der Waals surface area contributed by atoms with Crippen molar-refractivity contribution >= 4 is 11.8 Å². The molecule has 1 aromatic rings. The Kier molecular flexibility index (Phi) is 4.70. The molecule has 0 aliphatic carbocycles. The molecule has 0 saturated carbocycles. The third kappa shape index (κ3) is 3.34. The van der Waals surface area contributed by atoms with E-state index in [-0.39, 0.29) is 11.8 Å². The van der Waals surface area contributed by atoms with Gasteiger partial charge in [0.2, 0.25) is 5.91 Å². The Morgan fingerprint density at radius 3 is 2.21 bits per heavy atom. The highest BCUT2D eigenvalue weighted by atomic mass is 16.2. The molecule has 4 heteroatoms. The number of hydrogen-bond acceptors (Lipinski definition) is 2. The van der Waals surface area contributed by atoms with Crippen LogP contribution in [0.5, 0.6) is 0 Å². The summed E-state index contributed by atoms with van der Waals surface area (Å²) in [5.74, 6) is -0.404. The molecule has 2 amide bonds. The average molecular weight is 262 g/mol. The Morgan fingerprint density at radius 2 is 1.79 bits per heavy atom. The van der Waals surface area contributed by atoms with Crippen LogP contribution in [-0.4, -0.2) is 29.3 Å². The monoisotopic (exact) mass is 262 g/mol. The van der Waals surface area contributed by atoms with Gasteiger partial charge in [-0.15, -0.1) is 0 Å². The zero-order valence-electron chi connectivity index (χ0n) is 12.0. The van der Waals surface area contributed by atoms with Crippen LogP contribution in [0.3, 0.4) is 0 Å². The smallest absolute Gasteiger partial charge is 0.254 e. The Morgan fingerprint density at radius 1 is 1.26 bits per heavy atom. The molecule has 0 saturated heterocycles. The van der Waals surface area contributed by atoms with Gasteiger partial charge in [-0.05, 0) is 31.4 Å². The van der Waals surface area contributed by atoms with Gasteiger partial charge in [-0.2, -0.15) is 0 Å². The molecule has 2 N–H and O–H groups in total. The third-order valence-corrected chi connectivity index (χ3v) is 3.40. The molecular weight excluding hydrogens is 240 g/mol. The topological polar surface area (TPSA) is 63.4 Å². The molecule has 0 aliphatic rings. The van der Waals surface area contributed by atoms with Crippen molar-refractivity contribution in [3.63, 3.8) is 0 Å². The van der Waals surface area contributed by atoms with Gasteiger partial charge >= 0.3 is 0 Å². The van der Waals surface area contributed by atoms with Gasteiger partial charge in [0, 0.05) is 12.6 Å². The number of amides is 2. The van der Waals surface area contributed by atoms with Gasteiger partial charge in [-0.1, -0.05) is 32.0 Å². The van der Waals surface area contributed by atoms with Gasteiger partial charge in [0.15, 0.2) is 0 Å². The van der Waals surface area contributed by atoms with Crippen LogP contribution in [0.25, 0.3) is 0 Å². The molecular formula is C15H22N2O2. The summed E-state index contributed by atoms with van der Waals surface area (Å²) in [6.45, 7) is 5.72. The quantitative estimate of drug-likeness (QED) is 0.882. The first-order chi connectivity index (χ1) is 8.79. The van der Waals surface area contributed by atoms with Gasteiger partial charge in [0.05, 0.1) is 0 Å². The zero-order valence-corrected chi connectivity index (χ0v) is 12.0. The minimum absolute atomic E-state index is 0.192. The van der Waals surface area contributed by atoms with Crippen molar-refractivity contribution in [1.82, 2.24) is 4.90 Å². The van der Waals surface area contributed by atoms with Crippen molar-refractivity contribution < 1.29 is 9.59 Å². The van der Waals surface area contributed by atoms with Gasteiger partial charge < -0.3 is 10.6 Å². The fraction of sp³-hybridized carbons (Fsp3) is 0.467. The van der Waals surface area contributed by atoms with E-state index in [0.717, 1.165) is 0 Å². The molecule has 4 nitrogen and oxygen atoms in total.